The van der Waals surface area contributed by atoms with Crippen LogP contribution in [0.5, 0.6) is 0 Å². The van der Waals surface area contributed by atoms with Crippen molar-refractivity contribution in [3.05, 3.63) is 65.1 Å². The lowest BCUT2D eigenvalue weighted by Gasteiger charge is -2.01. The van der Waals surface area contributed by atoms with E-state index >= 15 is 0 Å². The molecule has 0 saturated heterocycles. The van der Waals surface area contributed by atoms with Crippen LogP contribution < -0.4 is 10.9 Å². The Hall–Kier alpha value is -3.23. The van der Waals surface area contributed by atoms with Gasteiger partial charge in [-0.15, -0.1) is 0 Å². The number of nitrogens with one attached hydrogen (secondary N) is 2. The highest BCUT2D eigenvalue weighted by molar-refractivity contribution is 5.96. The molecule has 0 aliphatic heterocycles. The normalized spacial score (nSPS) is 11.1. The summed E-state index contributed by atoms with van der Waals surface area (Å²) in [5.74, 6) is -0.322. The third kappa shape index (κ3) is 4.90. The topological polar surface area (TPSA) is 124 Å². The molecule has 4 N–H and O–H groups in total. The second-order valence-corrected chi connectivity index (χ2v) is 4.60. The van der Waals surface area contributed by atoms with Gasteiger partial charge in [0.1, 0.15) is 18.1 Å². The average Bonchev–Trinajstić information content (AvgIpc) is 3.07. The fourth-order valence-corrected chi connectivity index (χ4v) is 1.76. The summed E-state index contributed by atoms with van der Waals surface area (Å²) in [5.41, 5.74) is 4.76. The number of aliphatic hydroxyl groups is 1. The van der Waals surface area contributed by atoms with Crippen LogP contribution >= 0.6 is 0 Å². The van der Waals surface area contributed by atoms with Crippen LogP contribution in [0.15, 0.2) is 52.0 Å². The van der Waals surface area contributed by atoms with Gasteiger partial charge in [-0.25, -0.2) is 10.9 Å². The number of hydrogen-bond acceptors (Lipinski definition) is 6. The largest absolute Gasteiger partial charge is 0.458 e. The zero-order valence-electron chi connectivity index (χ0n) is 12.5. The van der Waals surface area contributed by atoms with Gasteiger partial charge < -0.3 is 9.52 Å². The van der Waals surface area contributed by atoms with Crippen molar-refractivity contribution in [2.45, 2.75) is 6.61 Å². The van der Waals surface area contributed by atoms with Crippen LogP contribution in [0.2, 0.25) is 0 Å². The van der Waals surface area contributed by atoms with Gasteiger partial charge in [-0.2, -0.15) is 5.10 Å². The number of benzene rings is 1. The molecule has 124 valence electrons. The first-order chi connectivity index (χ1) is 11.6. The van der Waals surface area contributed by atoms with Crippen LogP contribution in [0.1, 0.15) is 27.4 Å². The van der Waals surface area contributed by atoms with E-state index < -0.39 is 11.8 Å². The van der Waals surface area contributed by atoms with Crippen LogP contribution in [0, 0.1) is 0 Å². The van der Waals surface area contributed by atoms with Gasteiger partial charge in [0.25, 0.3) is 11.8 Å². The van der Waals surface area contributed by atoms with Gasteiger partial charge in [-0.1, -0.05) is 12.1 Å². The molecule has 1 aromatic carbocycles. The van der Waals surface area contributed by atoms with Gasteiger partial charge in [0.05, 0.1) is 6.21 Å². The molecule has 2 amide bonds. The van der Waals surface area contributed by atoms with E-state index in [0.29, 0.717) is 22.6 Å². The molecule has 1 heterocycles. The molecule has 0 atom stereocenters. The van der Waals surface area contributed by atoms with Crippen molar-refractivity contribution >= 4 is 24.1 Å². The van der Waals surface area contributed by atoms with E-state index in [-0.39, 0.29) is 6.61 Å². The van der Waals surface area contributed by atoms with E-state index in [1.54, 1.807) is 36.4 Å². The van der Waals surface area contributed by atoms with Gasteiger partial charge in [-0.3, -0.25) is 14.8 Å². The van der Waals surface area contributed by atoms with E-state index in [0.717, 1.165) is 6.08 Å². The molecule has 0 spiro atoms. The molecule has 0 unspecified atom stereocenters. The third-order valence-corrected chi connectivity index (χ3v) is 2.88. The molecule has 0 saturated carbocycles. The van der Waals surface area contributed by atoms with Crippen molar-refractivity contribution in [1.29, 1.82) is 0 Å². The molecule has 0 aliphatic carbocycles. The van der Waals surface area contributed by atoms with Gasteiger partial charge in [0.2, 0.25) is 0 Å². The number of aliphatic hydroxyl groups excluding tert-OH is 1. The summed E-state index contributed by atoms with van der Waals surface area (Å²) in [6.07, 6.45) is 3.89. The van der Waals surface area contributed by atoms with Gasteiger partial charge in [-0.05, 0) is 35.9 Å². The Morgan fingerprint density at radius 3 is 2.79 bits per heavy atom. The highest BCUT2D eigenvalue weighted by Gasteiger charge is 2.04. The van der Waals surface area contributed by atoms with E-state index in [1.807, 2.05) is 0 Å². The summed E-state index contributed by atoms with van der Waals surface area (Å²) in [7, 11) is 0. The summed E-state index contributed by atoms with van der Waals surface area (Å²) in [6.45, 7) is -0.213. The minimum atomic E-state index is -0.671. The molecule has 0 aliphatic rings. The van der Waals surface area contributed by atoms with Gasteiger partial charge in [0.15, 0.2) is 0 Å². The summed E-state index contributed by atoms with van der Waals surface area (Å²) >= 11 is 0. The molecule has 0 radical (unpaired) electrons. The fourth-order valence-electron chi connectivity index (χ4n) is 1.76. The highest BCUT2D eigenvalue weighted by Crippen LogP contribution is 2.08. The molecule has 24 heavy (non-hydrogen) atoms. The Kier molecular flexibility index (Phi) is 6.01. The van der Waals surface area contributed by atoms with E-state index in [9.17, 15) is 9.59 Å². The van der Waals surface area contributed by atoms with Crippen LogP contribution in [0.3, 0.4) is 0 Å². The van der Waals surface area contributed by atoms with Gasteiger partial charge >= 0.3 is 0 Å². The monoisotopic (exact) mass is 329 g/mol. The van der Waals surface area contributed by atoms with Crippen molar-refractivity contribution in [3.63, 3.8) is 0 Å². The minimum absolute atomic E-state index is 0.213. The second-order valence-electron chi connectivity index (χ2n) is 4.60. The molecular weight excluding hydrogens is 314 g/mol. The second kappa shape index (κ2) is 8.42. The van der Waals surface area contributed by atoms with Crippen molar-refractivity contribution < 1.29 is 24.3 Å². The smallest absolute Gasteiger partial charge is 0.271 e. The first-order valence-corrected chi connectivity index (χ1v) is 6.87. The lowest BCUT2D eigenvalue weighted by Crippen LogP contribution is -2.17. The van der Waals surface area contributed by atoms with E-state index in [4.69, 9.17) is 14.7 Å². The van der Waals surface area contributed by atoms with Crippen molar-refractivity contribution in [1.82, 2.24) is 10.9 Å². The minimum Gasteiger partial charge on any atom is -0.458 e. The number of carbonyl (C=O) groups excluding carboxylic acids is 2. The lowest BCUT2D eigenvalue weighted by atomic mass is 10.1. The zero-order chi connectivity index (χ0) is 17.4. The maximum absolute atomic E-state index is 12.0. The number of hydrazone groups is 1. The predicted octanol–water partition coefficient (Wildman–Crippen LogP) is 1.05. The maximum Gasteiger partial charge on any atom is 0.271 e. The van der Waals surface area contributed by atoms with Crippen molar-refractivity contribution in [2.24, 2.45) is 5.10 Å². The number of rotatable bonds is 6. The molecule has 8 nitrogen and oxygen atoms in total. The highest BCUT2D eigenvalue weighted by atomic mass is 16.5. The van der Waals surface area contributed by atoms with Crippen LogP contribution in [-0.4, -0.2) is 28.3 Å². The Labute approximate surface area is 137 Å². The Morgan fingerprint density at radius 1 is 1.25 bits per heavy atom. The van der Waals surface area contributed by atoms with Crippen LogP contribution in [0.4, 0.5) is 0 Å². The lowest BCUT2D eigenvalue weighted by molar-refractivity contribution is -0.124. The predicted molar refractivity (Wildman–Crippen MR) is 85.1 cm³/mol. The maximum atomic E-state index is 12.0. The number of carbonyl (C=O) groups is 2. The fraction of sp³-hybridized carbons (Fsp3) is 0.0625. The summed E-state index contributed by atoms with van der Waals surface area (Å²) < 4.78 is 5.19. The summed E-state index contributed by atoms with van der Waals surface area (Å²) in [4.78, 5) is 22.9. The number of furan rings is 1. The molecule has 8 heteroatoms. The van der Waals surface area contributed by atoms with E-state index in [2.05, 4.69) is 10.5 Å². The molecule has 2 aromatic rings. The Bertz CT molecular complexity index is 780. The Balaban J connectivity index is 1.99. The van der Waals surface area contributed by atoms with Crippen LogP contribution in [0.25, 0.3) is 6.08 Å². The van der Waals surface area contributed by atoms with Crippen LogP contribution in [-0.2, 0) is 11.4 Å². The first kappa shape index (κ1) is 17.1. The quantitative estimate of drug-likeness (QED) is 0.273. The number of hydroxylamine groups is 1. The Morgan fingerprint density at radius 2 is 2.08 bits per heavy atom. The average molecular weight is 329 g/mol. The summed E-state index contributed by atoms with van der Waals surface area (Å²) in [5, 5.41) is 21.1. The molecule has 0 bridgehead atoms. The van der Waals surface area contributed by atoms with E-state index in [1.165, 1.54) is 17.8 Å². The molecule has 2 rings (SSSR count). The van der Waals surface area contributed by atoms with Crippen molar-refractivity contribution in [3.8, 4) is 0 Å². The number of amides is 2. The molecule has 0 fully saturated rings. The first-order valence-electron chi connectivity index (χ1n) is 6.87. The summed E-state index contributed by atoms with van der Waals surface area (Å²) in [6, 6.07) is 9.70. The van der Waals surface area contributed by atoms with Crippen molar-refractivity contribution in [2.75, 3.05) is 0 Å². The molecule has 1 aromatic heterocycles. The SMILES string of the molecule is O=C(C=Cc1cccc(C(=O)NN=Cc2ccc(CO)o2)c1)NO. The standard InChI is InChI=1S/C16H15N3O5/c20-10-14-6-5-13(24-14)9-17-18-16(22)12-3-1-2-11(8-12)4-7-15(21)19-23/h1-9,20,23H,10H2,(H,18,22)(H,19,21). The molecular formula is C16H15N3O5. The zero-order valence-corrected chi connectivity index (χ0v) is 12.5. The van der Waals surface area contributed by atoms with Gasteiger partial charge in [0, 0.05) is 11.6 Å². The number of hydrogen-bond donors (Lipinski definition) is 4. The third-order valence-electron chi connectivity index (χ3n) is 2.88. The number of nitrogens with zero attached hydrogens (tertiary/aromatic N) is 1.